The Morgan fingerprint density at radius 2 is 1.89 bits per heavy atom. The Hall–Kier alpha value is -2.66. The molecule has 5 nitrogen and oxygen atoms in total. The molecule has 3 rings (SSSR count). The number of amides is 2. The van der Waals surface area contributed by atoms with Gasteiger partial charge in [-0.2, -0.15) is 0 Å². The van der Waals surface area contributed by atoms with E-state index in [-0.39, 0.29) is 17.7 Å². The Morgan fingerprint density at radius 1 is 1.11 bits per heavy atom. The van der Waals surface area contributed by atoms with Crippen molar-refractivity contribution in [1.82, 2.24) is 5.32 Å². The molecule has 5 heteroatoms. The Bertz CT molecular complexity index is 761. The molecule has 2 aromatic rings. The fraction of sp³-hybridized carbons (Fsp3) is 0.364. The first-order valence-electron chi connectivity index (χ1n) is 9.49. The third-order valence-corrected chi connectivity index (χ3v) is 4.73. The average molecular weight is 366 g/mol. The third kappa shape index (κ3) is 5.93. The number of fused-ring (bicyclic) bond motifs is 1. The van der Waals surface area contributed by atoms with Gasteiger partial charge in [-0.15, -0.1) is 0 Å². The zero-order chi connectivity index (χ0) is 18.9. The number of hydrogen-bond donors (Lipinski definition) is 2. The predicted octanol–water partition coefficient (Wildman–Crippen LogP) is 3.30. The normalized spacial score (nSPS) is 15.7. The van der Waals surface area contributed by atoms with Crippen LogP contribution in [0.5, 0.6) is 0 Å². The molecule has 27 heavy (non-hydrogen) atoms. The molecule has 0 saturated heterocycles. The van der Waals surface area contributed by atoms with E-state index in [1.54, 1.807) is 0 Å². The molecule has 0 bridgehead atoms. The van der Waals surface area contributed by atoms with Crippen LogP contribution in [0, 0.1) is 5.92 Å². The lowest BCUT2D eigenvalue weighted by Crippen LogP contribution is -2.32. The van der Waals surface area contributed by atoms with E-state index in [1.165, 1.54) is 0 Å². The van der Waals surface area contributed by atoms with Crippen molar-refractivity contribution in [2.45, 2.75) is 32.3 Å². The third-order valence-electron chi connectivity index (χ3n) is 4.73. The number of ether oxygens (including phenoxy) is 1. The van der Waals surface area contributed by atoms with Gasteiger partial charge in [-0.05, 0) is 36.5 Å². The van der Waals surface area contributed by atoms with Crippen molar-refractivity contribution in [3.8, 4) is 0 Å². The number of hydrogen-bond acceptors (Lipinski definition) is 3. The maximum Gasteiger partial charge on any atom is 0.227 e. The molecule has 142 valence electrons. The van der Waals surface area contributed by atoms with Crippen molar-refractivity contribution < 1.29 is 14.3 Å². The predicted molar refractivity (Wildman–Crippen MR) is 105 cm³/mol. The molecular formula is C22H26N2O3. The summed E-state index contributed by atoms with van der Waals surface area (Å²) in [4.78, 5) is 24.2. The summed E-state index contributed by atoms with van der Waals surface area (Å²) < 4.78 is 5.60. The standard InChI is InChI=1S/C22H26N2O3/c25-21(23-13-6-14-27-16-17-7-2-1-3-8-17)12-11-19-15-18-9-4-5-10-20(18)24-22(19)26/h1-5,7-10,19H,6,11-16H2,(H,23,25)(H,24,26). The minimum Gasteiger partial charge on any atom is -0.377 e. The molecule has 0 spiro atoms. The highest BCUT2D eigenvalue weighted by molar-refractivity contribution is 5.96. The van der Waals surface area contributed by atoms with Crippen molar-refractivity contribution in [2.75, 3.05) is 18.5 Å². The van der Waals surface area contributed by atoms with Gasteiger partial charge in [0.25, 0.3) is 0 Å². The maximum absolute atomic E-state index is 12.2. The fourth-order valence-corrected chi connectivity index (χ4v) is 3.21. The fourth-order valence-electron chi connectivity index (χ4n) is 3.21. The summed E-state index contributed by atoms with van der Waals surface area (Å²) >= 11 is 0. The van der Waals surface area contributed by atoms with Crippen molar-refractivity contribution >= 4 is 17.5 Å². The molecule has 2 N–H and O–H groups in total. The largest absolute Gasteiger partial charge is 0.377 e. The van der Waals surface area contributed by atoms with Gasteiger partial charge in [0.05, 0.1) is 6.61 Å². The van der Waals surface area contributed by atoms with Crippen LogP contribution in [0.4, 0.5) is 5.69 Å². The van der Waals surface area contributed by atoms with Crippen LogP contribution in [0.15, 0.2) is 54.6 Å². The van der Waals surface area contributed by atoms with Gasteiger partial charge in [0.1, 0.15) is 0 Å². The number of benzene rings is 2. The van der Waals surface area contributed by atoms with Gasteiger partial charge in [0, 0.05) is 31.2 Å². The van der Waals surface area contributed by atoms with Crippen LogP contribution in [0.1, 0.15) is 30.4 Å². The van der Waals surface area contributed by atoms with Gasteiger partial charge in [-0.25, -0.2) is 0 Å². The Morgan fingerprint density at radius 3 is 2.74 bits per heavy atom. The number of nitrogens with one attached hydrogen (secondary N) is 2. The molecule has 1 aliphatic rings. The SMILES string of the molecule is O=C(CCC1Cc2ccccc2NC1=O)NCCCOCc1ccccc1. The van der Waals surface area contributed by atoms with Gasteiger partial charge in [-0.3, -0.25) is 9.59 Å². The van der Waals surface area contributed by atoms with Crippen molar-refractivity contribution in [1.29, 1.82) is 0 Å². The number of carbonyl (C=O) groups is 2. The molecule has 1 unspecified atom stereocenters. The van der Waals surface area contributed by atoms with Gasteiger partial charge in [0.15, 0.2) is 0 Å². The summed E-state index contributed by atoms with van der Waals surface area (Å²) in [6.07, 6.45) is 2.40. The van der Waals surface area contributed by atoms with E-state index in [0.717, 1.165) is 23.2 Å². The van der Waals surface area contributed by atoms with E-state index in [4.69, 9.17) is 4.74 Å². The summed E-state index contributed by atoms with van der Waals surface area (Å²) in [5.41, 5.74) is 3.17. The van der Waals surface area contributed by atoms with Gasteiger partial charge >= 0.3 is 0 Å². The Labute approximate surface area is 160 Å². The quantitative estimate of drug-likeness (QED) is 0.669. The molecule has 0 aromatic heterocycles. The van der Waals surface area contributed by atoms with Crippen LogP contribution in [0.25, 0.3) is 0 Å². The number of anilines is 1. The Kier molecular flexibility index (Phi) is 6.99. The molecule has 1 heterocycles. The van der Waals surface area contributed by atoms with Crippen LogP contribution in [0.3, 0.4) is 0 Å². The van der Waals surface area contributed by atoms with Crippen LogP contribution in [-0.4, -0.2) is 25.0 Å². The van der Waals surface area contributed by atoms with Gasteiger partial charge in [0.2, 0.25) is 11.8 Å². The second-order valence-electron chi connectivity index (χ2n) is 6.83. The zero-order valence-corrected chi connectivity index (χ0v) is 15.4. The molecule has 1 aliphatic heterocycles. The van der Waals surface area contributed by atoms with E-state index >= 15 is 0 Å². The highest BCUT2D eigenvalue weighted by Gasteiger charge is 2.26. The smallest absolute Gasteiger partial charge is 0.227 e. The molecule has 1 atom stereocenters. The van der Waals surface area contributed by atoms with E-state index < -0.39 is 0 Å². The average Bonchev–Trinajstić information content (AvgIpc) is 2.69. The van der Waals surface area contributed by atoms with Gasteiger partial charge < -0.3 is 15.4 Å². The molecule has 2 aromatic carbocycles. The van der Waals surface area contributed by atoms with E-state index in [1.807, 2.05) is 54.6 Å². The van der Waals surface area contributed by atoms with E-state index in [9.17, 15) is 9.59 Å². The molecular weight excluding hydrogens is 340 g/mol. The lowest BCUT2D eigenvalue weighted by molar-refractivity contribution is -0.122. The summed E-state index contributed by atoms with van der Waals surface area (Å²) in [6, 6.07) is 17.8. The molecule has 0 saturated carbocycles. The second-order valence-corrected chi connectivity index (χ2v) is 6.83. The number of rotatable bonds is 9. The van der Waals surface area contributed by atoms with Crippen molar-refractivity contribution in [3.63, 3.8) is 0 Å². The van der Waals surface area contributed by atoms with Crippen molar-refractivity contribution in [3.05, 3.63) is 65.7 Å². The monoisotopic (exact) mass is 366 g/mol. The highest BCUT2D eigenvalue weighted by atomic mass is 16.5. The van der Waals surface area contributed by atoms with Crippen LogP contribution in [-0.2, 0) is 27.4 Å². The molecule has 0 aliphatic carbocycles. The maximum atomic E-state index is 12.2. The molecule has 2 amide bonds. The van der Waals surface area contributed by atoms with Crippen LogP contribution in [0.2, 0.25) is 0 Å². The zero-order valence-electron chi connectivity index (χ0n) is 15.4. The first kappa shape index (κ1) is 19.1. The van der Waals surface area contributed by atoms with Crippen molar-refractivity contribution in [2.24, 2.45) is 5.92 Å². The molecule has 0 fully saturated rings. The lowest BCUT2D eigenvalue weighted by Gasteiger charge is -2.24. The summed E-state index contributed by atoms with van der Waals surface area (Å²) in [6.45, 7) is 1.79. The number of carbonyl (C=O) groups excluding carboxylic acids is 2. The summed E-state index contributed by atoms with van der Waals surface area (Å²) in [7, 11) is 0. The van der Waals surface area contributed by atoms with Crippen LogP contribution >= 0.6 is 0 Å². The summed E-state index contributed by atoms with van der Waals surface area (Å²) in [5, 5.41) is 5.83. The minimum absolute atomic E-state index is 0.00952. The molecule has 0 radical (unpaired) electrons. The minimum atomic E-state index is -0.139. The topological polar surface area (TPSA) is 67.4 Å². The van der Waals surface area contributed by atoms with Crippen LogP contribution < -0.4 is 10.6 Å². The van der Waals surface area contributed by atoms with Gasteiger partial charge in [-0.1, -0.05) is 48.5 Å². The number of para-hydroxylation sites is 1. The first-order valence-corrected chi connectivity index (χ1v) is 9.49. The second kappa shape index (κ2) is 9.88. The highest BCUT2D eigenvalue weighted by Crippen LogP contribution is 2.27. The first-order chi connectivity index (χ1) is 13.2. The van der Waals surface area contributed by atoms with E-state index in [0.29, 0.717) is 39.0 Å². The Balaban J connectivity index is 1.28. The lowest BCUT2D eigenvalue weighted by atomic mass is 9.89. The van der Waals surface area contributed by atoms with E-state index in [2.05, 4.69) is 10.6 Å². The summed E-state index contributed by atoms with van der Waals surface area (Å²) in [5.74, 6) is -0.139.